The Morgan fingerprint density at radius 1 is 1.00 bits per heavy atom. The first-order valence-electron chi connectivity index (χ1n) is 9.21. The van der Waals surface area contributed by atoms with Gasteiger partial charge in [-0.1, -0.05) is 60.9 Å². The van der Waals surface area contributed by atoms with Crippen LogP contribution in [0.15, 0.2) is 54.6 Å². The first kappa shape index (κ1) is 19.6. The summed E-state index contributed by atoms with van der Waals surface area (Å²) in [6, 6.07) is 18.1. The second kappa shape index (κ2) is 10.3. The van der Waals surface area contributed by atoms with Crippen LogP contribution in [0, 0.1) is 11.8 Å². The van der Waals surface area contributed by atoms with Gasteiger partial charge in [0.05, 0.1) is 0 Å². The summed E-state index contributed by atoms with van der Waals surface area (Å²) in [6.07, 6.45) is 3.32. The lowest BCUT2D eigenvalue weighted by Gasteiger charge is -2.31. The van der Waals surface area contributed by atoms with Crippen LogP contribution >= 0.6 is 0 Å². The molecule has 4 nitrogen and oxygen atoms in total. The van der Waals surface area contributed by atoms with E-state index in [2.05, 4.69) is 24.0 Å². The molecule has 5 heteroatoms. The van der Waals surface area contributed by atoms with Crippen LogP contribution in [-0.4, -0.2) is 23.0 Å². The zero-order valence-electron chi connectivity index (χ0n) is 15.4. The van der Waals surface area contributed by atoms with Crippen molar-refractivity contribution in [2.24, 2.45) is 0 Å². The molecule has 0 radical (unpaired) electrons. The predicted molar refractivity (Wildman–Crippen MR) is 107 cm³/mol. The summed E-state index contributed by atoms with van der Waals surface area (Å²) >= 11 is -1.82. The van der Waals surface area contributed by atoms with Crippen LogP contribution < -0.4 is 4.74 Å². The highest BCUT2D eigenvalue weighted by atomic mass is 32.2. The van der Waals surface area contributed by atoms with E-state index in [0.717, 1.165) is 42.6 Å². The predicted octanol–water partition coefficient (Wildman–Crippen LogP) is 4.68. The van der Waals surface area contributed by atoms with Gasteiger partial charge in [-0.3, -0.25) is 8.37 Å². The largest absolute Gasteiger partial charge is 0.487 e. The molecule has 0 aliphatic heterocycles. The highest BCUT2D eigenvalue weighted by Gasteiger charge is 2.30. The molecule has 142 valence electrons. The molecule has 0 heterocycles. The minimum absolute atomic E-state index is 0.0954. The summed E-state index contributed by atoms with van der Waals surface area (Å²) in [5.74, 6) is 6.23. The van der Waals surface area contributed by atoms with Crippen molar-refractivity contribution in [3.8, 4) is 28.7 Å². The Hall–Kier alpha value is -2.13. The van der Waals surface area contributed by atoms with E-state index in [1.807, 2.05) is 42.5 Å². The zero-order valence-corrected chi connectivity index (χ0v) is 16.2. The minimum atomic E-state index is -1.82. The molecule has 0 saturated heterocycles. The summed E-state index contributed by atoms with van der Waals surface area (Å²) in [6.45, 7) is 1.81. The third-order valence-electron chi connectivity index (χ3n) is 4.50. The summed E-state index contributed by atoms with van der Waals surface area (Å²) in [5, 5.41) is 0. The normalized spacial score (nSPS) is 20.3. The van der Waals surface area contributed by atoms with Crippen molar-refractivity contribution in [1.82, 2.24) is 0 Å². The Morgan fingerprint density at radius 2 is 1.70 bits per heavy atom. The Kier molecular flexibility index (Phi) is 7.46. The third-order valence-corrected chi connectivity index (χ3v) is 5.21. The molecule has 0 amide bonds. The molecule has 0 N–H and O–H groups in total. The van der Waals surface area contributed by atoms with Gasteiger partial charge in [-0.2, -0.15) is 4.21 Å². The van der Waals surface area contributed by atoms with Gasteiger partial charge in [-0.05, 0) is 37.8 Å². The van der Waals surface area contributed by atoms with Gasteiger partial charge in [0.25, 0.3) is 0 Å². The Labute approximate surface area is 163 Å². The lowest BCUT2D eigenvalue weighted by atomic mass is 9.94. The molecular weight excluding hydrogens is 360 g/mol. The molecule has 2 aromatic carbocycles. The molecule has 27 heavy (non-hydrogen) atoms. The molecule has 3 rings (SSSR count). The Bertz CT molecular complexity index is 810. The van der Waals surface area contributed by atoms with Crippen molar-refractivity contribution in [3.63, 3.8) is 0 Å². The van der Waals surface area contributed by atoms with Crippen LogP contribution in [0.25, 0.3) is 11.1 Å². The lowest BCUT2D eigenvalue weighted by molar-refractivity contribution is 0.0242. The fourth-order valence-electron chi connectivity index (χ4n) is 3.17. The second-order valence-electron chi connectivity index (χ2n) is 6.33. The molecule has 0 aromatic heterocycles. The molecule has 1 aliphatic carbocycles. The summed E-state index contributed by atoms with van der Waals surface area (Å²) in [4.78, 5) is 0. The van der Waals surface area contributed by atoms with Crippen LogP contribution in [0.4, 0.5) is 0 Å². The van der Waals surface area contributed by atoms with Crippen molar-refractivity contribution in [2.75, 3.05) is 6.61 Å². The maximum Gasteiger partial charge on any atom is 0.305 e. The standard InChI is InChI=1S/C22H24O4S/c1-2-3-17-24-27(23)26-22-16-10-9-15-21(22)25-20-14-8-7-13-19(20)18-11-5-4-6-12-18/h4-8,11-14,21-22H,9-10,15-17H2,1H3. The number of ether oxygens (including phenoxy) is 1. The van der Waals surface area contributed by atoms with Gasteiger partial charge in [0.15, 0.2) is 0 Å². The Morgan fingerprint density at radius 3 is 2.48 bits per heavy atom. The number of benzene rings is 2. The number of hydrogen-bond acceptors (Lipinski definition) is 4. The Balaban J connectivity index is 1.71. The molecule has 1 fully saturated rings. The van der Waals surface area contributed by atoms with Crippen molar-refractivity contribution < 1.29 is 17.3 Å². The van der Waals surface area contributed by atoms with E-state index in [0.29, 0.717) is 0 Å². The van der Waals surface area contributed by atoms with E-state index in [1.165, 1.54) is 0 Å². The SMILES string of the molecule is CC#CCOS(=O)OC1CCCCC1Oc1ccccc1-c1ccccc1. The highest BCUT2D eigenvalue weighted by molar-refractivity contribution is 7.75. The highest BCUT2D eigenvalue weighted by Crippen LogP contribution is 2.33. The zero-order chi connectivity index (χ0) is 18.9. The van der Waals surface area contributed by atoms with Gasteiger partial charge >= 0.3 is 11.4 Å². The second-order valence-corrected chi connectivity index (χ2v) is 7.17. The monoisotopic (exact) mass is 384 g/mol. The van der Waals surface area contributed by atoms with Gasteiger partial charge in [0, 0.05) is 5.56 Å². The molecular formula is C22H24O4S. The molecule has 1 saturated carbocycles. The van der Waals surface area contributed by atoms with Crippen LogP contribution in [0.2, 0.25) is 0 Å². The number of para-hydroxylation sites is 1. The quantitative estimate of drug-likeness (QED) is 0.650. The molecule has 2 aromatic rings. The average molecular weight is 384 g/mol. The van der Waals surface area contributed by atoms with E-state index < -0.39 is 11.4 Å². The van der Waals surface area contributed by atoms with E-state index in [4.69, 9.17) is 13.1 Å². The third kappa shape index (κ3) is 5.67. The van der Waals surface area contributed by atoms with Gasteiger partial charge in [0.1, 0.15) is 24.6 Å². The van der Waals surface area contributed by atoms with E-state index >= 15 is 0 Å². The first-order valence-corrected chi connectivity index (χ1v) is 10.2. The fraction of sp³-hybridized carbons (Fsp3) is 0.364. The van der Waals surface area contributed by atoms with Gasteiger partial charge in [0.2, 0.25) is 0 Å². The van der Waals surface area contributed by atoms with Crippen LogP contribution in [0.1, 0.15) is 32.6 Å². The molecule has 3 unspecified atom stereocenters. The smallest absolute Gasteiger partial charge is 0.305 e. The topological polar surface area (TPSA) is 44.8 Å². The molecule has 1 aliphatic rings. The van der Waals surface area contributed by atoms with Gasteiger partial charge in [-0.15, -0.1) is 5.92 Å². The van der Waals surface area contributed by atoms with Crippen molar-refractivity contribution in [3.05, 3.63) is 54.6 Å². The summed E-state index contributed by atoms with van der Waals surface area (Å²) < 4.78 is 29.1. The van der Waals surface area contributed by atoms with Crippen LogP contribution in [0.3, 0.4) is 0 Å². The number of hydrogen-bond donors (Lipinski definition) is 0. The summed E-state index contributed by atoms with van der Waals surface area (Å²) in [7, 11) is 0. The number of rotatable bonds is 7. The van der Waals surface area contributed by atoms with Gasteiger partial charge < -0.3 is 4.74 Å². The van der Waals surface area contributed by atoms with Crippen LogP contribution in [-0.2, 0) is 19.7 Å². The maximum absolute atomic E-state index is 12.0. The first-order chi connectivity index (χ1) is 13.3. The van der Waals surface area contributed by atoms with Crippen molar-refractivity contribution in [2.45, 2.75) is 44.8 Å². The molecule has 3 atom stereocenters. The van der Waals surface area contributed by atoms with E-state index in [9.17, 15) is 4.21 Å². The fourth-order valence-corrected chi connectivity index (χ4v) is 3.81. The van der Waals surface area contributed by atoms with E-state index in [1.54, 1.807) is 6.92 Å². The lowest BCUT2D eigenvalue weighted by Crippen LogP contribution is -2.37. The average Bonchev–Trinajstić information content (AvgIpc) is 2.71. The molecule has 0 bridgehead atoms. The van der Waals surface area contributed by atoms with Crippen LogP contribution in [0.5, 0.6) is 5.75 Å². The minimum Gasteiger partial charge on any atom is -0.487 e. The van der Waals surface area contributed by atoms with E-state index in [-0.39, 0.29) is 18.8 Å². The summed E-state index contributed by atoms with van der Waals surface area (Å²) in [5.41, 5.74) is 2.14. The van der Waals surface area contributed by atoms with Crippen molar-refractivity contribution >= 4 is 11.4 Å². The van der Waals surface area contributed by atoms with Crippen molar-refractivity contribution in [1.29, 1.82) is 0 Å². The molecule has 0 spiro atoms. The maximum atomic E-state index is 12.0. The van der Waals surface area contributed by atoms with Gasteiger partial charge in [-0.25, -0.2) is 0 Å².